The van der Waals surface area contributed by atoms with Crippen LogP contribution in [0.2, 0.25) is 5.02 Å². The Morgan fingerprint density at radius 2 is 1.88 bits per heavy atom. The zero-order valence-corrected chi connectivity index (χ0v) is 12.4. The van der Waals surface area contributed by atoms with E-state index in [1.807, 2.05) is 18.2 Å². The number of hydrogen-bond donors (Lipinski definition) is 1. The summed E-state index contributed by atoms with van der Waals surface area (Å²) in [6.45, 7) is 1.07. The van der Waals surface area contributed by atoms with E-state index in [0.29, 0.717) is 0 Å². The van der Waals surface area contributed by atoms with Gasteiger partial charge in [0.2, 0.25) is 0 Å². The highest BCUT2D eigenvalue weighted by Gasteiger charge is 2.12. The monoisotopic (exact) mass is 315 g/mol. The van der Waals surface area contributed by atoms with Crippen LogP contribution in [0.3, 0.4) is 0 Å². The summed E-state index contributed by atoms with van der Waals surface area (Å²) in [4.78, 5) is 0. The van der Waals surface area contributed by atoms with Crippen LogP contribution in [-0.2, 0) is 0 Å². The van der Waals surface area contributed by atoms with Gasteiger partial charge < -0.3 is 5.32 Å². The largest absolute Gasteiger partial charge is 0.384 e. The van der Waals surface area contributed by atoms with Gasteiger partial charge in [-0.2, -0.15) is 0 Å². The van der Waals surface area contributed by atoms with E-state index in [2.05, 4.69) is 21.2 Å². The van der Waals surface area contributed by atoms with Crippen LogP contribution < -0.4 is 5.32 Å². The first-order valence-corrected chi connectivity index (χ1v) is 7.62. The second-order valence-electron chi connectivity index (χ2n) is 4.86. The van der Waals surface area contributed by atoms with Crippen molar-refractivity contribution in [2.45, 2.75) is 38.5 Å². The van der Waals surface area contributed by atoms with Crippen LogP contribution in [-0.4, -0.2) is 6.54 Å². The molecule has 1 aliphatic rings. The molecule has 0 radical (unpaired) electrons. The van der Waals surface area contributed by atoms with Crippen molar-refractivity contribution in [3.8, 4) is 0 Å². The molecule has 0 spiro atoms. The molecule has 0 bridgehead atoms. The van der Waals surface area contributed by atoms with E-state index in [4.69, 9.17) is 11.6 Å². The average Bonchev–Trinajstić information content (AvgIpc) is 2.59. The second kappa shape index (κ2) is 6.65. The van der Waals surface area contributed by atoms with Crippen molar-refractivity contribution in [1.29, 1.82) is 0 Å². The third kappa shape index (κ3) is 4.18. The van der Waals surface area contributed by atoms with E-state index in [-0.39, 0.29) is 0 Å². The molecule has 1 aliphatic carbocycles. The molecule has 0 unspecified atom stereocenters. The first-order valence-electron chi connectivity index (χ1n) is 6.44. The highest BCUT2D eigenvalue weighted by atomic mass is 79.9. The summed E-state index contributed by atoms with van der Waals surface area (Å²) in [5.74, 6) is 0.823. The lowest BCUT2D eigenvalue weighted by molar-refractivity contribution is 0.483. The molecule has 17 heavy (non-hydrogen) atoms. The number of nitrogens with one attached hydrogen (secondary N) is 1. The molecule has 1 saturated carbocycles. The molecule has 1 aromatic carbocycles. The quantitative estimate of drug-likeness (QED) is 0.728. The van der Waals surface area contributed by atoms with Crippen LogP contribution in [0.1, 0.15) is 38.5 Å². The fraction of sp³-hybridized carbons (Fsp3) is 0.571. The van der Waals surface area contributed by atoms with E-state index in [1.165, 1.54) is 38.5 Å². The van der Waals surface area contributed by atoms with Crippen LogP contribution in [0.5, 0.6) is 0 Å². The van der Waals surface area contributed by atoms with Gasteiger partial charge in [-0.1, -0.05) is 37.3 Å². The Hall–Kier alpha value is -0.210. The van der Waals surface area contributed by atoms with Gasteiger partial charge in [0, 0.05) is 21.7 Å². The molecule has 0 atom stereocenters. The Morgan fingerprint density at radius 1 is 1.18 bits per heavy atom. The second-order valence-corrected chi connectivity index (χ2v) is 6.15. The van der Waals surface area contributed by atoms with Crippen LogP contribution in [0.4, 0.5) is 5.69 Å². The lowest BCUT2D eigenvalue weighted by Gasteiger charge is -2.16. The normalized spacial score (nSPS) is 17.8. The maximum Gasteiger partial charge on any atom is 0.0499 e. The van der Waals surface area contributed by atoms with Gasteiger partial charge in [0.1, 0.15) is 0 Å². The van der Waals surface area contributed by atoms with Gasteiger partial charge >= 0.3 is 0 Å². The minimum Gasteiger partial charge on any atom is -0.384 e. The third-order valence-corrected chi connectivity index (χ3v) is 4.41. The van der Waals surface area contributed by atoms with Crippen LogP contribution in [0.25, 0.3) is 0 Å². The molecule has 0 aliphatic heterocycles. The predicted molar refractivity (Wildman–Crippen MR) is 78.8 cm³/mol. The van der Waals surface area contributed by atoms with Crippen molar-refractivity contribution in [3.63, 3.8) is 0 Å². The lowest BCUT2D eigenvalue weighted by atomic mass is 10.0. The number of halogens is 2. The molecule has 1 nitrogen and oxygen atoms in total. The van der Waals surface area contributed by atoms with Gasteiger partial charge in [0.25, 0.3) is 0 Å². The molecule has 1 aromatic rings. The maximum absolute atomic E-state index is 6.00. The SMILES string of the molecule is Clc1ccc(Br)c(NCC2CCCCCC2)c1. The van der Waals surface area contributed by atoms with Gasteiger partial charge in [-0.15, -0.1) is 0 Å². The Balaban J connectivity index is 1.89. The molecule has 0 heterocycles. The van der Waals surface area contributed by atoms with Crippen molar-refractivity contribution in [1.82, 2.24) is 0 Å². The molecule has 1 N–H and O–H groups in total. The van der Waals surface area contributed by atoms with Gasteiger partial charge in [-0.3, -0.25) is 0 Å². The highest BCUT2D eigenvalue weighted by molar-refractivity contribution is 9.10. The van der Waals surface area contributed by atoms with E-state index < -0.39 is 0 Å². The Kier molecular flexibility index (Phi) is 5.17. The fourth-order valence-electron chi connectivity index (χ4n) is 2.46. The predicted octanol–water partition coefficient (Wildman–Crippen LogP) is 5.48. The first kappa shape index (κ1) is 13.2. The zero-order chi connectivity index (χ0) is 12.1. The van der Waals surface area contributed by atoms with Crippen molar-refractivity contribution in [2.75, 3.05) is 11.9 Å². The summed E-state index contributed by atoms with van der Waals surface area (Å²) in [5, 5.41) is 4.31. The van der Waals surface area contributed by atoms with Crippen molar-refractivity contribution >= 4 is 33.2 Å². The van der Waals surface area contributed by atoms with Gasteiger partial charge in [-0.05, 0) is 52.9 Å². The fourth-order valence-corrected chi connectivity index (χ4v) is 3.01. The number of rotatable bonds is 3. The minimum absolute atomic E-state index is 0.788. The summed E-state index contributed by atoms with van der Waals surface area (Å²) >= 11 is 9.55. The molecule has 94 valence electrons. The Labute approximate surface area is 117 Å². The lowest BCUT2D eigenvalue weighted by Crippen LogP contribution is -2.13. The van der Waals surface area contributed by atoms with Crippen molar-refractivity contribution in [2.24, 2.45) is 5.92 Å². The molecule has 3 heteroatoms. The number of hydrogen-bond acceptors (Lipinski definition) is 1. The molecular weight excluding hydrogens is 298 g/mol. The molecule has 2 rings (SSSR count). The van der Waals surface area contributed by atoms with E-state index in [1.54, 1.807) is 0 Å². The molecular formula is C14H19BrClN. The van der Waals surface area contributed by atoms with E-state index >= 15 is 0 Å². The zero-order valence-electron chi connectivity index (χ0n) is 10.0. The molecule has 0 amide bonds. The minimum atomic E-state index is 0.788. The maximum atomic E-state index is 6.00. The number of anilines is 1. The molecule has 1 fully saturated rings. The van der Waals surface area contributed by atoms with Crippen LogP contribution in [0, 0.1) is 5.92 Å². The third-order valence-electron chi connectivity index (χ3n) is 3.48. The average molecular weight is 317 g/mol. The Bertz CT molecular complexity index is 359. The van der Waals surface area contributed by atoms with Gasteiger partial charge in [-0.25, -0.2) is 0 Å². The van der Waals surface area contributed by atoms with E-state index in [9.17, 15) is 0 Å². The molecule has 0 aromatic heterocycles. The first-order chi connectivity index (χ1) is 8.25. The topological polar surface area (TPSA) is 12.0 Å². The summed E-state index contributed by atoms with van der Waals surface area (Å²) in [6, 6.07) is 5.89. The summed E-state index contributed by atoms with van der Waals surface area (Å²) in [6.07, 6.45) is 8.34. The summed E-state index contributed by atoms with van der Waals surface area (Å²) in [5.41, 5.74) is 1.11. The van der Waals surface area contributed by atoms with Crippen molar-refractivity contribution < 1.29 is 0 Å². The van der Waals surface area contributed by atoms with Gasteiger partial charge in [0.05, 0.1) is 0 Å². The summed E-state index contributed by atoms with van der Waals surface area (Å²) < 4.78 is 1.09. The highest BCUT2D eigenvalue weighted by Crippen LogP contribution is 2.28. The standard InChI is InChI=1S/C14H19BrClN/c15-13-8-7-12(16)9-14(13)17-10-11-5-3-1-2-4-6-11/h7-9,11,17H,1-6,10H2. The van der Waals surface area contributed by atoms with Gasteiger partial charge in [0.15, 0.2) is 0 Å². The van der Waals surface area contributed by atoms with Crippen LogP contribution in [0.15, 0.2) is 22.7 Å². The Morgan fingerprint density at radius 3 is 2.59 bits per heavy atom. The smallest absolute Gasteiger partial charge is 0.0499 e. The summed E-state index contributed by atoms with van der Waals surface area (Å²) in [7, 11) is 0. The van der Waals surface area contributed by atoms with Crippen LogP contribution >= 0.6 is 27.5 Å². The van der Waals surface area contributed by atoms with Crippen molar-refractivity contribution in [3.05, 3.63) is 27.7 Å². The van der Waals surface area contributed by atoms with E-state index in [0.717, 1.165) is 27.6 Å². The molecule has 0 saturated heterocycles. The number of benzene rings is 1.